The van der Waals surface area contributed by atoms with Gasteiger partial charge in [0.25, 0.3) is 0 Å². The van der Waals surface area contributed by atoms with Crippen LogP contribution in [0, 0.1) is 12.7 Å². The van der Waals surface area contributed by atoms with Crippen molar-refractivity contribution in [2.24, 2.45) is 0 Å². The molecule has 0 aliphatic heterocycles. The first kappa shape index (κ1) is 16.8. The average Bonchev–Trinajstić information content (AvgIpc) is 2.60. The van der Waals surface area contributed by atoms with Crippen LogP contribution in [-0.2, 0) is 16.0 Å². The van der Waals surface area contributed by atoms with Gasteiger partial charge in [-0.05, 0) is 36.8 Å². The summed E-state index contributed by atoms with van der Waals surface area (Å²) >= 11 is 0. The number of aryl methyl sites for hydroxylation is 1. The van der Waals surface area contributed by atoms with E-state index in [1.54, 1.807) is 30.5 Å². The van der Waals surface area contributed by atoms with E-state index in [0.29, 0.717) is 11.3 Å². The summed E-state index contributed by atoms with van der Waals surface area (Å²) in [7, 11) is 0. The second-order valence-electron chi connectivity index (χ2n) is 5.85. The van der Waals surface area contributed by atoms with Crippen molar-refractivity contribution < 1.29 is 13.9 Å². The Balaban J connectivity index is 1.84. The van der Waals surface area contributed by atoms with Gasteiger partial charge in [-0.3, -0.25) is 9.78 Å². The maximum Gasteiger partial charge on any atom is 0.311 e. The van der Waals surface area contributed by atoms with Crippen LogP contribution in [0.5, 0.6) is 0 Å². The van der Waals surface area contributed by atoms with Gasteiger partial charge in [0.15, 0.2) is 6.10 Å². The van der Waals surface area contributed by atoms with Gasteiger partial charge in [-0.2, -0.15) is 0 Å². The number of carbonyl (C=O) groups excluding carboxylic acids is 1. The summed E-state index contributed by atoms with van der Waals surface area (Å²) < 4.78 is 19.3. The average molecular weight is 335 g/mol. The standard InChI is InChI=1S/C21H18FNO2/c1-15-6-4-7-16(12-15)13-20(24)25-21(19-10-2-3-11-23-19)17-8-5-9-18(22)14-17/h2-12,14,21H,13H2,1H3. The summed E-state index contributed by atoms with van der Waals surface area (Å²) in [5.41, 5.74) is 3.07. The molecule has 25 heavy (non-hydrogen) atoms. The van der Waals surface area contributed by atoms with Crippen molar-refractivity contribution in [1.29, 1.82) is 0 Å². The van der Waals surface area contributed by atoms with Gasteiger partial charge in [0.05, 0.1) is 12.1 Å². The predicted octanol–water partition coefficient (Wildman–Crippen LogP) is 4.40. The van der Waals surface area contributed by atoms with Crippen molar-refractivity contribution in [2.75, 3.05) is 0 Å². The lowest BCUT2D eigenvalue weighted by atomic mass is 10.1. The van der Waals surface area contributed by atoms with Gasteiger partial charge in [-0.25, -0.2) is 4.39 Å². The molecule has 0 bridgehead atoms. The number of benzene rings is 2. The van der Waals surface area contributed by atoms with E-state index < -0.39 is 6.10 Å². The van der Waals surface area contributed by atoms with Crippen LogP contribution < -0.4 is 0 Å². The molecule has 1 unspecified atom stereocenters. The summed E-state index contributed by atoms with van der Waals surface area (Å²) in [5, 5.41) is 0. The van der Waals surface area contributed by atoms with Gasteiger partial charge >= 0.3 is 5.97 Å². The van der Waals surface area contributed by atoms with Gasteiger partial charge in [-0.1, -0.05) is 48.0 Å². The maximum absolute atomic E-state index is 13.6. The number of halogens is 1. The zero-order valence-electron chi connectivity index (χ0n) is 13.9. The van der Waals surface area contributed by atoms with Crippen molar-refractivity contribution in [3.8, 4) is 0 Å². The highest BCUT2D eigenvalue weighted by Crippen LogP contribution is 2.25. The maximum atomic E-state index is 13.6. The molecule has 0 aliphatic carbocycles. The number of ether oxygens (including phenoxy) is 1. The highest BCUT2D eigenvalue weighted by Gasteiger charge is 2.21. The lowest BCUT2D eigenvalue weighted by Crippen LogP contribution is -2.16. The highest BCUT2D eigenvalue weighted by molar-refractivity contribution is 5.73. The fraction of sp³-hybridized carbons (Fsp3) is 0.143. The van der Waals surface area contributed by atoms with Gasteiger partial charge in [0, 0.05) is 11.8 Å². The summed E-state index contributed by atoms with van der Waals surface area (Å²) in [6.07, 6.45) is 1.03. The number of aromatic nitrogens is 1. The lowest BCUT2D eigenvalue weighted by molar-refractivity contribution is -0.146. The SMILES string of the molecule is Cc1cccc(CC(=O)OC(c2cccc(F)c2)c2ccccn2)c1. The van der Waals surface area contributed by atoms with Crippen molar-refractivity contribution >= 4 is 5.97 Å². The molecule has 0 saturated heterocycles. The molecule has 3 rings (SSSR count). The van der Waals surface area contributed by atoms with E-state index in [0.717, 1.165) is 11.1 Å². The summed E-state index contributed by atoms with van der Waals surface area (Å²) in [4.78, 5) is 16.7. The lowest BCUT2D eigenvalue weighted by Gasteiger charge is -2.18. The number of esters is 1. The second kappa shape index (κ2) is 7.71. The Labute approximate surface area is 146 Å². The van der Waals surface area contributed by atoms with Gasteiger partial charge in [0.1, 0.15) is 5.82 Å². The summed E-state index contributed by atoms with van der Waals surface area (Å²) in [6.45, 7) is 1.97. The molecule has 0 aliphatic rings. The third-order valence-corrected chi connectivity index (χ3v) is 3.79. The zero-order valence-corrected chi connectivity index (χ0v) is 13.9. The molecule has 0 amide bonds. The van der Waals surface area contributed by atoms with Crippen LogP contribution >= 0.6 is 0 Å². The minimum Gasteiger partial charge on any atom is -0.451 e. The quantitative estimate of drug-likeness (QED) is 0.649. The minimum atomic E-state index is -0.741. The van der Waals surface area contributed by atoms with Crippen LogP contribution in [0.2, 0.25) is 0 Å². The first-order chi connectivity index (χ1) is 12.1. The van der Waals surface area contributed by atoms with Crippen molar-refractivity contribution in [3.63, 3.8) is 0 Å². The monoisotopic (exact) mass is 335 g/mol. The zero-order chi connectivity index (χ0) is 17.6. The van der Waals surface area contributed by atoms with Crippen LogP contribution in [0.4, 0.5) is 4.39 Å². The third kappa shape index (κ3) is 4.51. The second-order valence-corrected chi connectivity index (χ2v) is 5.85. The van der Waals surface area contributed by atoms with Crippen LogP contribution in [0.3, 0.4) is 0 Å². The number of rotatable bonds is 5. The normalized spacial score (nSPS) is 11.8. The van der Waals surface area contributed by atoms with Gasteiger partial charge in [-0.15, -0.1) is 0 Å². The summed E-state index contributed by atoms with van der Waals surface area (Å²) in [6, 6.07) is 19.1. The Hall–Kier alpha value is -3.01. The largest absolute Gasteiger partial charge is 0.451 e. The first-order valence-corrected chi connectivity index (χ1v) is 8.03. The van der Waals surface area contributed by atoms with Crippen LogP contribution in [-0.4, -0.2) is 11.0 Å². The number of hydrogen-bond acceptors (Lipinski definition) is 3. The molecule has 4 heteroatoms. The topological polar surface area (TPSA) is 39.2 Å². The summed E-state index contributed by atoms with van der Waals surface area (Å²) in [5.74, 6) is -0.765. The molecule has 0 N–H and O–H groups in total. The first-order valence-electron chi connectivity index (χ1n) is 8.03. The van der Waals surface area contributed by atoms with E-state index in [2.05, 4.69) is 4.98 Å². The van der Waals surface area contributed by atoms with Crippen LogP contribution in [0.1, 0.15) is 28.5 Å². The molecule has 2 aromatic carbocycles. The van der Waals surface area contributed by atoms with E-state index in [4.69, 9.17) is 4.74 Å². The smallest absolute Gasteiger partial charge is 0.311 e. The minimum absolute atomic E-state index is 0.153. The highest BCUT2D eigenvalue weighted by atomic mass is 19.1. The molecule has 1 aromatic heterocycles. The number of nitrogens with zero attached hydrogens (tertiary/aromatic N) is 1. The van der Waals surface area contributed by atoms with Crippen molar-refractivity contribution in [2.45, 2.75) is 19.4 Å². The molecule has 3 aromatic rings. The molecule has 126 valence electrons. The molecule has 0 saturated carbocycles. The predicted molar refractivity (Wildman–Crippen MR) is 93.5 cm³/mol. The van der Waals surface area contributed by atoms with Crippen molar-refractivity contribution in [3.05, 3.63) is 101 Å². The van der Waals surface area contributed by atoms with E-state index in [1.165, 1.54) is 12.1 Å². The van der Waals surface area contributed by atoms with E-state index in [9.17, 15) is 9.18 Å². The molecule has 1 heterocycles. The molecular weight excluding hydrogens is 317 g/mol. The Morgan fingerprint density at radius 1 is 1.08 bits per heavy atom. The molecule has 0 radical (unpaired) electrons. The van der Waals surface area contributed by atoms with E-state index >= 15 is 0 Å². The fourth-order valence-corrected chi connectivity index (χ4v) is 2.66. The van der Waals surface area contributed by atoms with Crippen LogP contribution in [0.15, 0.2) is 72.9 Å². The number of hydrogen-bond donors (Lipinski definition) is 0. The van der Waals surface area contributed by atoms with Gasteiger partial charge < -0.3 is 4.74 Å². The molecule has 1 atom stereocenters. The van der Waals surface area contributed by atoms with Crippen molar-refractivity contribution in [1.82, 2.24) is 4.98 Å². The van der Waals surface area contributed by atoms with Gasteiger partial charge in [0.2, 0.25) is 0 Å². The van der Waals surface area contributed by atoms with E-state index in [1.807, 2.05) is 37.3 Å². The Kier molecular flexibility index (Phi) is 5.19. The van der Waals surface area contributed by atoms with Crippen LogP contribution in [0.25, 0.3) is 0 Å². The molecular formula is C21H18FNO2. The molecule has 0 spiro atoms. The number of carbonyl (C=O) groups is 1. The third-order valence-electron chi connectivity index (χ3n) is 3.79. The molecule has 0 fully saturated rings. The Bertz CT molecular complexity index is 865. The Morgan fingerprint density at radius 2 is 1.92 bits per heavy atom. The Morgan fingerprint density at radius 3 is 2.64 bits per heavy atom. The fourth-order valence-electron chi connectivity index (χ4n) is 2.66. The van der Waals surface area contributed by atoms with E-state index in [-0.39, 0.29) is 18.2 Å². The number of pyridine rings is 1. The molecule has 3 nitrogen and oxygen atoms in total.